The minimum absolute atomic E-state index is 0.264. The number of rotatable bonds is 5. The molecular weight excluding hydrogens is 249 g/mol. The molecule has 0 aromatic carbocycles. The number of ether oxygens (including phenoxy) is 1. The van der Waals surface area contributed by atoms with E-state index in [0.29, 0.717) is 6.42 Å². The van der Waals surface area contributed by atoms with Crippen molar-refractivity contribution in [1.82, 2.24) is 5.32 Å². The van der Waals surface area contributed by atoms with Gasteiger partial charge < -0.3 is 19.8 Å². The van der Waals surface area contributed by atoms with Crippen LogP contribution in [0.2, 0.25) is 0 Å². The Morgan fingerprint density at radius 3 is 2.29 bits per heavy atom. The van der Waals surface area contributed by atoms with Gasteiger partial charge in [-0.1, -0.05) is 6.92 Å². The molecule has 1 atom stereocenters. The van der Waals surface area contributed by atoms with Gasteiger partial charge in [0.1, 0.15) is 5.60 Å². The highest BCUT2D eigenvalue weighted by molar-refractivity contribution is 7.46. The monoisotopic (exact) mass is 269 g/mol. The molecule has 17 heavy (non-hydrogen) atoms. The number of hydrogen-bond acceptors (Lipinski definition) is 4. The molecule has 0 saturated heterocycles. The number of phosphoric ester groups is 1. The van der Waals surface area contributed by atoms with Gasteiger partial charge in [-0.15, -0.1) is 0 Å². The highest BCUT2D eigenvalue weighted by atomic mass is 31.2. The zero-order valence-electron chi connectivity index (χ0n) is 10.5. The van der Waals surface area contributed by atoms with Gasteiger partial charge in [0.2, 0.25) is 0 Å². The first-order valence-electron chi connectivity index (χ1n) is 5.23. The van der Waals surface area contributed by atoms with Crippen LogP contribution >= 0.6 is 7.82 Å². The van der Waals surface area contributed by atoms with Gasteiger partial charge in [-0.25, -0.2) is 9.36 Å². The fourth-order valence-corrected chi connectivity index (χ4v) is 1.30. The van der Waals surface area contributed by atoms with Crippen molar-refractivity contribution in [2.24, 2.45) is 0 Å². The fourth-order valence-electron chi connectivity index (χ4n) is 0.923. The van der Waals surface area contributed by atoms with Crippen molar-refractivity contribution in [3.8, 4) is 0 Å². The second-order valence-corrected chi connectivity index (χ2v) is 5.78. The summed E-state index contributed by atoms with van der Waals surface area (Å²) in [5.74, 6) is 0. The van der Waals surface area contributed by atoms with Crippen LogP contribution in [0.15, 0.2) is 0 Å². The molecule has 0 spiro atoms. The third-order valence-corrected chi connectivity index (χ3v) is 2.14. The van der Waals surface area contributed by atoms with E-state index in [2.05, 4.69) is 9.84 Å². The van der Waals surface area contributed by atoms with E-state index in [1.807, 2.05) is 0 Å². The maximum absolute atomic E-state index is 11.4. The predicted octanol–water partition coefficient (Wildman–Crippen LogP) is 1.40. The summed E-state index contributed by atoms with van der Waals surface area (Å²) in [6.45, 7) is 6.66. The zero-order valence-corrected chi connectivity index (χ0v) is 11.4. The standard InChI is InChI=1S/C9H20NO6P/c1-5-7(6-15-17(12,13)14)10-8(11)16-9(2,3)4/h7H,5-6H2,1-4H3,(H,10,11)(H2,12,13,14). The summed E-state index contributed by atoms with van der Waals surface area (Å²) in [5, 5.41) is 2.47. The third-order valence-electron chi connectivity index (χ3n) is 1.66. The lowest BCUT2D eigenvalue weighted by Crippen LogP contribution is -2.41. The highest BCUT2D eigenvalue weighted by Crippen LogP contribution is 2.35. The number of amides is 1. The van der Waals surface area contributed by atoms with Gasteiger partial charge >= 0.3 is 13.9 Å². The van der Waals surface area contributed by atoms with E-state index >= 15 is 0 Å². The van der Waals surface area contributed by atoms with Crippen LogP contribution in [0.1, 0.15) is 34.1 Å². The molecule has 1 unspecified atom stereocenters. The number of nitrogens with one attached hydrogen (secondary N) is 1. The Morgan fingerprint density at radius 2 is 1.94 bits per heavy atom. The van der Waals surface area contributed by atoms with Crippen molar-refractivity contribution in [2.45, 2.75) is 45.8 Å². The topological polar surface area (TPSA) is 105 Å². The van der Waals surface area contributed by atoms with Gasteiger partial charge in [-0.3, -0.25) is 4.52 Å². The van der Waals surface area contributed by atoms with Crippen LogP contribution in [0.5, 0.6) is 0 Å². The Morgan fingerprint density at radius 1 is 1.41 bits per heavy atom. The summed E-state index contributed by atoms with van der Waals surface area (Å²) in [7, 11) is -4.51. The normalized spacial score (nSPS) is 14.2. The Balaban J connectivity index is 4.14. The second kappa shape index (κ2) is 6.35. The van der Waals surface area contributed by atoms with Crippen molar-refractivity contribution in [3.63, 3.8) is 0 Å². The first-order chi connectivity index (χ1) is 7.53. The van der Waals surface area contributed by atoms with Gasteiger partial charge in [0, 0.05) is 0 Å². The maximum atomic E-state index is 11.4. The smallest absolute Gasteiger partial charge is 0.444 e. The summed E-state index contributed by atoms with van der Waals surface area (Å²) in [6.07, 6.45) is -0.169. The number of alkyl carbamates (subject to hydrolysis) is 1. The van der Waals surface area contributed by atoms with Crippen molar-refractivity contribution in [3.05, 3.63) is 0 Å². The van der Waals surface area contributed by atoms with Gasteiger partial charge in [0.15, 0.2) is 0 Å². The lowest BCUT2D eigenvalue weighted by molar-refractivity contribution is 0.0477. The lowest BCUT2D eigenvalue weighted by atomic mass is 10.2. The largest absolute Gasteiger partial charge is 0.469 e. The van der Waals surface area contributed by atoms with E-state index in [1.54, 1.807) is 27.7 Å². The maximum Gasteiger partial charge on any atom is 0.469 e. The van der Waals surface area contributed by atoms with Crippen molar-refractivity contribution < 1.29 is 28.4 Å². The van der Waals surface area contributed by atoms with Crippen LogP contribution in [-0.2, 0) is 13.8 Å². The van der Waals surface area contributed by atoms with E-state index in [9.17, 15) is 9.36 Å². The van der Waals surface area contributed by atoms with Crippen LogP contribution in [0.25, 0.3) is 0 Å². The molecule has 0 heterocycles. The molecule has 0 bridgehead atoms. The van der Waals surface area contributed by atoms with Crippen LogP contribution in [0.3, 0.4) is 0 Å². The van der Waals surface area contributed by atoms with E-state index < -0.39 is 25.6 Å². The number of carbonyl (C=O) groups is 1. The number of hydrogen-bond donors (Lipinski definition) is 3. The van der Waals surface area contributed by atoms with E-state index in [0.717, 1.165) is 0 Å². The minimum atomic E-state index is -4.51. The summed E-state index contributed by atoms with van der Waals surface area (Å²) in [4.78, 5) is 28.4. The summed E-state index contributed by atoms with van der Waals surface area (Å²) >= 11 is 0. The molecule has 0 aliphatic carbocycles. The average Bonchev–Trinajstić information content (AvgIpc) is 2.07. The number of carbonyl (C=O) groups excluding carboxylic acids is 1. The molecule has 1 amide bonds. The molecule has 102 valence electrons. The highest BCUT2D eigenvalue weighted by Gasteiger charge is 2.21. The molecule has 0 radical (unpaired) electrons. The first-order valence-corrected chi connectivity index (χ1v) is 6.76. The lowest BCUT2D eigenvalue weighted by Gasteiger charge is -2.23. The SMILES string of the molecule is CCC(COP(=O)(O)O)NC(=O)OC(C)(C)C. The summed E-state index contributed by atoms with van der Waals surface area (Å²) in [6, 6.07) is -0.502. The van der Waals surface area contributed by atoms with Crippen LogP contribution in [-0.4, -0.2) is 34.1 Å². The van der Waals surface area contributed by atoms with Gasteiger partial charge in [-0.2, -0.15) is 0 Å². The third kappa shape index (κ3) is 10.3. The minimum Gasteiger partial charge on any atom is -0.444 e. The van der Waals surface area contributed by atoms with E-state index in [1.165, 1.54) is 0 Å². The number of phosphoric acid groups is 1. The average molecular weight is 269 g/mol. The molecular formula is C9H20NO6P. The second-order valence-electron chi connectivity index (χ2n) is 4.54. The van der Waals surface area contributed by atoms with Crippen LogP contribution in [0, 0.1) is 0 Å². The molecule has 3 N–H and O–H groups in total. The quantitative estimate of drug-likeness (QED) is 0.651. The molecule has 7 nitrogen and oxygen atoms in total. The Bertz CT molecular complexity index is 294. The van der Waals surface area contributed by atoms with Crippen LogP contribution in [0.4, 0.5) is 4.79 Å². The fraction of sp³-hybridized carbons (Fsp3) is 0.889. The van der Waals surface area contributed by atoms with Gasteiger partial charge in [0.05, 0.1) is 12.6 Å². The van der Waals surface area contributed by atoms with Gasteiger partial charge in [0.25, 0.3) is 0 Å². The Kier molecular flexibility index (Phi) is 6.12. The van der Waals surface area contributed by atoms with Crippen LogP contribution < -0.4 is 5.32 Å². The molecule has 0 aliphatic rings. The predicted molar refractivity (Wildman–Crippen MR) is 61.4 cm³/mol. The molecule has 0 aromatic heterocycles. The molecule has 0 aliphatic heterocycles. The molecule has 0 fully saturated rings. The molecule has 0 rings (SSSR count). The summed E-state index contributed by atoms with van der Waals surface area (Å²) < 4.78 is 19.8. The first kappa shape index (κ1) is 16.4. The Hall–Kier alpha value is -0.620. The zero-order chi connectivity index (χ0) is 13.7. The molecule has 8 heteroatoms. The van der Waals surface area contributed by atoms with Crippen molar-refractivity contribution in [2.75, 3.05) is 6.61 Å². The van der Waals surface area contributed by atoms with E-state index in [-0.39, 0.29) is 6.61 Å². The van der Waals surface area contributed by atoms with Crippen molar-refractivity contribution in [1.29, 1.82) is 0 Å². The Labute approximate surface area is 101 Å². The van der Waals surface area contributed by atoms with E-state index in [4.69, 9.17) is 14.5 Å². The molecule has 0 aromatic rings. The summed E-state index contributed by atoms with van der Waals surface area (Å²) in [5.41, 5.74) is -0.619. The molecule has 0 saturated carbocycles. The van der Waals surface area contributed by atoms with Crippen molar-refractivity contribution >= 4 is 13.9 Å². The van der Waals surface area contributed by atoms with Gasteiger partial charge in [-0.05, 0) is 27.2 Å².